The molecule has 0 fully saturated rings. The molecule has 0 saturated carbocycles. The normalized spacial score (nSPS) is 13.2. The maximum Gasteiger partial charge on any atom is 0.461 e. The minimum atomic E-state index is -5.87. The molecule has 0 saturated heterocycles. The monoisotopic (exact) mass is 284 g/mol. The Kier molecular flexibility index (Phi) is 2.54. The Bertz CT molecular complexity index is 753. The lowest BCUT2D eigenvalue weighted by atomic mass is 10.3. The Morgan fingerprint density at radius 1 is 1.11 bits per heavy atom. The van der Waals surface area contributed by atoms with Gasteiger partial charge in [-0.3, -0.25) is 14.3 Å². The van der Waals surface area contributed by atoms with Gasteiger partial charge >= 0.3 is 17.8 Å². The van der Waals surface area contributed by atoms with Crippen LogP contribution in [0, 0.1) is 0 Å². The lowest BCUT2D eigenvalue weighted by molar-refractivity contribution is -0.292. The quantitative estimate of drug-likeness (QED) is 0.752. The van der Waals surface area contributed by atoms with Gasteiger partial charge in [0.15, 0.2) is 11.5 Å². The molecule has 2 rings (SSSR count). The van der Waals surface area contributed by atoms with Gasteiger partial charge in [0, 0.05) is 7.05 Å². The first kappa shape index (κ1) is 13.2. The van der Waals surface area contributed by atoms with E-state index in [0.29, 0.717) is 4.57 Å². The van der Waals surface area contributed by atoms with Crippen molar-refractivity contribution in [3.05, 3.63) is 26.7 Å². The van der Waals surface area contributed by atoms with Gasteiger partial charge in [-0.05, 0) is 0 Å². The van der Waals surface area contributed by atoms with Crippen LogP contribution in [-0.4, -0.2) is 25.7 Å². The van der Waals surface area contributed by atoms with E-state index >= 15 is 0 Å². The van der Waals surface area contributed by atoms with Crippen molar-refractivity contribution >= 4 is 11.2 Å². The van der Waals surface area contributed by atoms with Crippen LogP contribution in [0.4, 0.5) is 22.0 Å². The van der Waals surface area contributed by atoms with E-state index in [2.05, 4.69) is 4.98 Å². The molecule has 0 radical (unpaired) electrons. The Hall–Kier alpha value is -2.20. The second-order valence-electron chi connectivity index (χ2n) is 3.67. The van der Waals surface area contributed by atoms with Crippen molar-refractivity contribution in [3.63, 3.8) is 0 Å². The lowest BCUT2D eigenvalue weighted by Crippen LogP contribution is -2.34. The highest BCUT2D eigenvalue weighted by Crippen LogP contribution is 2.42. The van der Waals surface area contributed by atoms with Crippen LogP contribution in [0.1, 0.15) is 5.82 Å². The van der Waals surface area contributed by atoms with Crippen molar-refractivity contribution in [1.82, 2.24) is 19.5 Å². The van der Waals surface area contributed by atoms with Crippen LogP contribution in [0.5, 0.6) is 0 Å². The average Bonchev–Trinajstić information content (AvgIpc) is 2.70. The number of halogens is 5. The standard InChI is InChI=1S/C8H5F5N4O2/c1-17-3-2(4(18)16-6(17)19)14-5(15-3)7(9,10)8(11,12)13/h1H3,(H,14,15)(H,16,18,19). The summed E-state index contributed by atoms with van der Waals surface area (Å²) >= 11 is 0. The van der Waals surface area contributed by atoms with Crippen LogP contribution in [0.2, 0.25) is 0 Å². The fourth-order valence-corrected chi connectivity index (χ4v) is 1.39. The minimum absolute atomic E-state index is 0.590. The number of aromatic amines is 2. The molecule has 0 unspecified atom stereocenters. The van der Waals surface area contributed by atoms with E-state index in [1.54, 1.807) is 9.97 Å². The minimum Gasteiger partial charge on any atom is -0.331 e. The van der Waals surface area contributed by atoms with Gasteiger partial charge in [0.05, 0.1) is 0 Å². The van der Waals surface area contributed by atoms with Crippen molar-refractivity contribution in [2.24, 2.45) is 7.05 Å². The Morgan fingerprint density at radius 3 is 2.21 bits per heavy atom. The molecule has 0 aliphatic carbocycles. The molecule has 0 spiro atoms. The highest BCUT2D eigenvalue weighted by atomic mass is 19.4. The number of imidazole rings is 1. The molecule has 2 N–H and O–H groups in total. The number of hydrogen-bond acceptors (Lipinski definition) is 3. The number of H-pyrrole nitrogens is 2. The molecule has 0 aliphatic rings. The first-order valence-corrected chi connectivity index (χ1v) is 4.69. The van der Waals surface area contributed by atoms with Crippen LogP contribution >= 0.6 is 0 Å². The van der Waals surface area contributed by atoms with E-state index in [1.165, 1.54) is 0 Å². The van der Waals surface area contributed by atoms with Gasteiger partial charge in [-0.1, -0.05) is 0 Å². The van der Waals surface area contributed by atoms with Crippen LogP contribution in [0.15, 0.2) is 9.59 Å². The van der Waals surface area contributed by atoms with E-state index < -0.39 is 40.3 Å². The number of nitrogens with one attached hydrogen (secondary N) is 2. The van der Waals surface area contributed by atoms with Gasteiger partial charge in [0.25, 0.3) is 5.56 Å². The van der Waals surface area contributed by atoms with E-state index in [1.807, 2.05) is 0 Å². The van der Waals surface area contributed by atoms with Crippen molar-refractivity contribution < 1.29 is 22.0 Å². The predicted molar refractivity (Wildman–Crippen MR) is 51.9 cm³/mol. The van der Waals surface area contributed by atoms with Crippen molar-refractivity contribution in [2.75, 3.05) is 0 Å². The third-order valence-corrected chi connectivity index (χ3v) is 2.41. The number of aryl methyl sites for hydroxylation is 1. The average molecular weight is 284 g/mol. The molecule has 11 heteroatoms. The van der Waals surface area contributed by atoms with Gasteiger partial charge in [-0.15, -0.1) is 0 Å². The number of alkyl halides is 5. The van der Waals surface area contributed by atoms with E-state index in [9.17, 15) is 31.5 Å². The summed E-state index contributed by atoms with van der Waals surface area (Å²) in [5.41, 5.74) is -3.34. The molecule has 0 amide bonds. The zero-order valence-electron chi connectivity index (χ0n) is 9.10. The predicted octanol–water partition coefficient (Wildman–Crippen LogP) is 0.604. The van der Waals surface area contributed by atoms with Gasteiger partial charge in [-0.25, -0.2) is 9.78 Å². The zero-order chi connectivity index (χ0) is 14.6. The molecular weight excluding hydrogens is 279 g/mol. The number of hydrogen-bond donors (Lipinski definition) is 2. The number of fused-ring (bicyclic) bond motifs is 1. The Labute approximate surface area is 99.4 Å². The van der Waals surface area contributed by atoms with Crippen molar-refractivity contribution in [1.29, 1.82) is 0 Å². The van der Waals surface area contributed by atoms with Crippen molar-refractivity contribution in [2.45, 2.75) is 12.1 Å². The number of nitrogens with zero attached hydrogens (tertiary/aromatic N) is 2. The molecule has 0 bridgehead atoms. The molecule has 2 aromatic heterocycles. The highest BCUT2D eigenvalue weighted by Gasteiger charge is 2.61. The van der Waals surface area contributed by atoms with Gasteiger partial charge in [0.2, 0.25) is 0 Å². The molecular formula is C8H5F5N4O2. The molecule has 0 aromatic carbocycles. The van der Waals surface area contributed by atoms with Crippen molar-refractivity contribution in [3.8, 4) is 0 Å². The third kappa shape index (κ3) is 1.81. The second kappa shape index (κ2) is 3.65. The summed E-state index contributed by atoms with van der Waals surface area (Å²) < 4.78 is 63.2. The van der Waals surface area contributed by atoms with Crippen LogP contribution < -0.4 is 11.2 Å². The molecule has 0 atom stereocenters. The first-order chi connectivity index (χ1) is 8.55. The first-order valence-electron chi connectivity index (χ1n) is 4.69. The summed E-state index contributed by atoms with van der Waals surface area (Å²) in [6, 6.07) is 0. The summed E-state index contributed by atoms with van der Waals surface area (Å²) in [4.78, 5) is 28.8. The molecule has 6 nitrogen and oxygen atoms in total. The molecule has 2 aromatic rings. The molecule has 104 valence electrons. The van der Waals surface area contributed by atoms with Crippen LogP contribution in [-0.2, 0) is 13.0 Å². The summed E-state index contributed by atoms with van der Waals surface area (Å²) in [6.45, 7) is 0. The summed E-state index contributed by atoms with van der Waals surface area (Å²) in [5.74, 6) is -7.00. The third-order valence-electron chi connectivity index (χ3n) is 2.41. The maximum atomic E-state index is 13.0. The second-order valence-corrected chi connectivity index (χ2v) is 3.67. The van der Waals surface area contributed by atoms with Gasteiger partial charge < -0.3 is 4.98 Å². The lowest BCUT2D eigenvalue weighted by Gasteiger charge is -2.16. The number of rotatable bonds is 1. The van der Waals surface area contributed by atoms with E-state index in [4.69, 9.17) is 0 Å². The Morgan fingerprint density at radius 2 is 1.68 bits per heavy atom. The van der Waals surface area contributed by atoms with Gasteiger partial charge in [0.1, 0.15) is 5.52 Å². The van der Waals surface area contributed by atoms with Crippen LogP contribution in [0.25, 0.3) is 11.2 Å². The summed E-state index contributed by atoms with van der Waals surface area (Å²) in [6.07, 6.45) is -5.87. The highest BCUT2D eigenvalue weighted by molar-refractivity contribution is 5.69. The summed E-state index contributed by atoms with van der Waals surface area (Å²) in [7, 11) is 1.07. The van der Waals surface area contributed by atoms with E-state index in [-0.39, 0.29) is 0 Å². The van der Waals surface area contributed by atoms with Crippen LogP contribution in [0.3, 0.4) is 0 Å². The fraction of sp³-hybridized carbons (Fsp3) is 0.375. The smallest absolute Gasteiger partial charge is 0.331 e. The molecule has 0 aliphatic heterocycles. The van der Waals surface area contributed by atoms with E-state index in [0.717, 1.165) is 7.05 Å². The zero-order valence-corrected chi connectivity index (χ0v) is 9.10. The fourth-order valence-electron chi connectivity index (χ4n) is 1.39. The SMILES string of the molecule is Cn1c(=O)[nH]c(=O)c2[nH]c(C(F)(F)C(F)(F)F)nc21. The maximum absolute atomic E-state index is 13.0. The molecule has 2 heterocycles. The molecule has 19 heavy (non-hydrogen) atoms. The topological polar surface area (TPSA) is 83.5 Å². The largest absolute Gasteiger partial charge is 0.461 e. The number of aromatic nitrogens is 4. The Balaban J connectivity index is 2.81. The van der Waals surface area contributed by atoms with Gasteiger partial charge in [-0.2, -0.15) is 22.0 Å². The summed E-state index contributed by atoms with van der Waals surface area (Å²) in [5, 5.41) is 0.